The van der Waals surface area contributed by atoms with Crippen molar-refractivity contribution in [3.8, 4) is 17.0 Å². The van der Waals surface area contributed by atoms with Gasteiger partial charge in [-0.15, -0.1) is 0 Å². The molecular weight excluding hydrogens is 457 g/mol. The van der Waals surface area contributed by atoms with Gasteiger partial charge in [0.05, 0.1) is 25.0 Å². The van der Waals surface area contributed by atoms with E-state index in [0.717, 1.165) is 40.3 Å². The Morgan fingerprint density at radius 1 is 1.31 bits per heavy atom. The highest BCUT2D eigenvalue weighted by atomic mass is 32.2. The summed E-state index contributed by atoms with van der Waals surface area (Å²) in [5.41, 5.74) is 3.33. The van der Waals surface area contributed by atoms with Crippen LogP contribution in [0.1, 0.15) is 65.5 Å². The average molecular weight is 498 g/mol. The number of allylic oxidation sites excluding steroid dienone is 3. The van der Waals surface area contributed by atoms with E-state index in [4.69, 9.17) is 9.73 Å². The molecule has 0 spiro atoms. The number of aromatic nitrogens is 1. The third kappa shape index (κ3) is 9.36. The number of pyridine rings is 1. The molecule has 2 rings (SSSR count). The lowest BCUT2D eigenvalue weighted by Gasteiger charge is -2.18. The Hall–Kier alpha value is -2.86. The van der Waals surface area contributed by atoms with Crippen LogP contribution in [0.5, 0.6) is 5.75 Å². The molecule has 1 heterocycles. The van der Waals surface area contributed by atoms with Crippen LogP contribution in [-0.4, -0.2) is 24.0 Å². The molecule has 1 aromatic carbocycles. The summed E-state index contributed by atoms with van der Waals surface area (Å²) in [6.07, 6.45) is 9.33. The van der Waals surface area contributed by atoms with E-state index >= 15 is 0 Å². The monoisotopic (exact) mass is 497 g/mol. The van der Waals surface area contributed by atoms with Gasteiger partial charge in [-0.1, -0.05) is 57.7 Å². The van der Waals surface area contributed by atoms with Crippen molar-refractivity contribution < 1.29 is 9.13 Å². The zero-order chi connectivity index (χ0) is 26.4. The zero-order valence-corrected chi connectivity index (χ0v) is 23.2. The first-order valence-corrected chi connectivity index (χ1v) is 12.9. The Morgan fingerprint density at radius 3 is 2.60 bits per heavy atom. The number of hydrogen-bond donors (Lipinski definition) is 1. The maximum atomic E-state index is 13.4. The summed E-state index contributed by atoms with van der Waals surface area (Å²) in [6, 6.07) is 6.87. The van der Waals surface area contributed by atoms with E-state index in [2.05, 4.69) is 42.9 Å². The highest BCUT2D eigenvalue weighted by molar-refractivity contribution is 8.06. The number of benzene rings is 1. The Kier molecular flexibility index (Phi) is 13.7. The molecule has 0 aliphatic carbocycles. The van der Waals surface area contributed by atoms with Gasteiger partial charge in [-0.2, -0.15) is 0 Å². The zero-order valence-electron chi connectivity index (χ0n) is 22.4. The number of nitrogens with one attached hydrogen (secondary N) is 1. The molecule has 0 fully saturated rings. The molecule has 190 valence electrons. The second-order valence-corrected chi connectivity index (χ2v) is 9.04. The van der Waals surface area contributed by atoms with E-state index < -0.39 is 0 Å². The Labute approximate surface area is 215 Å². The molecule has 0 aliphatic heterocycles. The Balaban J connectivity index is 0.00000298. The van der Waals surface area contributed by atoms with Gasteiger partial charge in [0.1, 0.15) is 17.4 Å². The van der Waals surface area contributed by atoms with Crippen LogP contribution in [-0.2, 0) is 0 Å². The largest absolute Gasteiger partial charge is 0.496 e. The highest BCUT2D eigenvalue weighted by Crippen LogP contribution is 2.31. The van der Waals surface area contributed by atoms with Crippen LogP contribution in [0.15, 0.2) is 70.2 Å². The summed E-state index contributed by atoms with van der Waals surface area (Å²) in [7, 11) is 1.64. The molecule has 0 radical (unpaired) electrons. The smallest absolute Gasteiger partial charge is 0.141 e. The van der Waals surface area contributed by atoms with Crippen molar-refractivity contribution in [3.05, 3.63) is 82.1 Å². The number of ether oxygens (including phenoxy) is 1. The van der Waals surface area contributed by atoms with E-state index in [9.17, 15) is 4.39 Å². The van der Waals surface area contributed by atoms with Crippen LogP contribution < -0.4 is 10.1 Å². The normalized spacial score (nSPS) is 12.7. The highest BCUT2D eigenvalue weighted by Gasteiger charge is 2.16. The number of halogens is 1. The van der Waals surface area contributed by atoms with Crippen molar-refractivity contribution in [1.82, 2.24) is 10.3 Å². The molecule has 1 N–H and O–H groups in total. The molecule has 2 aromatic rings. The summed E-state index contributed by atoms with van der Waals surface area (Å²) >= 11 is 1.63. The molecule has 0 amide bonds. The summed E-state index contributed by atoms with van der Waals surface area (Å²) < 4.78 is 19.1. The van der Waals surface area contributed by atoms with Crippen LogP contribution >= 0.6 is 11.8 Å². The third-order valence-electron chi connectivity index (χ3n) is 5.14. The van der Waals surface area contributed by atoms with Gasteiger partial charge < -0.3 is 10.1 Å². The van der Waals surface area contributed by atoms with Crippen molar-refractivity contribution in [2.75, 3.05) is 7.11 Å². The van der Waals surface area contributed by atoms with Crippen molar-refractivity contribution in [2.24, 2.45) is 4.99 Å². The minimum Gasteiger partial charge on any atom is -0.496 e. The minimum absolute atomic E-state index is 0.120. The van der Waals surface area contributed by atoms with Gasteiger partial charge in [0.25, 0.3) is 0 Å². The first kappa shape index (κ1) is 30.2. The lowest BCUT2D eigenvalue weighted by Crippen LogP contribution is -2.23. The predicted octanol–water partition coefficient (Wildman–Crippen LogP) is 8.44. The van der Waals surface area contributed by atoms with Gasteiger partial charge in [0.2, 0.25) is 0 Å². The number of unbranched alkanes of at least 4 members (excludes halogenated alkanes) is 1. The molecule has 0 saturated heterocycles. The van der Waals surface area contributed by atoms with E-state index in [1.165, 1.54) is 17.2 Å². The van der Waals surface area contributed by atoms with Crippen LogP contribution in [0.2, 0.25) is 0 Å². The quantitative estimate of drug-likeness (QED) is 0.264. The number of amidine groups is 1. The van der Waals surface area contributed by atoms with Crippen molar-refractivity contribution >= 4 is 17.6 Å². The van der Waals surface area contributed by atoms with Crippen LogP contribution in [0, 0.1) is 12.7 Å². The lowest BCUT2D eigenvalue weighted by atomic mass is 10.00. The topological polar surface area (TPSA) is 46.5 Å². The summed E-state index contributed by atoms with van der Waals surface area (Å²) in [5, 5.41) is 3.37. The second-order valence-electron chi connectivity index (χ2n) is 7.67. The molecule has 0 bridgehead atoms. The van der Waals surface area contributed by atoms with E-state index in [1.54, 1.807) is 24.9 Å². The Morgan fingerprint density at radius 2 is 2.03 bits per heavy atom. The first-order valence-electron chi connectivity index (χ1n) is 12.1. The van der Waals surface area contributed by atoms with Gasteiger partial charge in [-0.3, -0.25) is 9.98 Å². The molecule has 0 saturated carbocycles. The number of thioether (sulfide) groups is 1. The standard InChI is InChI=1S/C27H34FN3OS.C2H6/c1-8-10-11-14-29-27(31-20(5)21(6)33-18(3)9-2)24-15-22(16-26(32-7)19(24)4)25-13-12-23(28)17-30-25;1-2/h9,11-17,20H,6,8,10H2,1-5,7H3,(H,29,31);1-2H3/b14-11+,18-9-;. The van der Waals surface area contributed by atoms with Gasteiger partial charge in [-0.25, -0.2) is 4.39 Å². The second kappa shape index (κ2) is 15.9. The fourth-order valence-corrected chi connectivity index (χ4v) is 3.78. The number of hydrogen-bond acceptors (Lipinski definition) is 4. The van der Waals surface area contributed by atoms with E-state index in [-0.39, 0.29) is 11.9 Å². The van der Waals surface area contributed by atoms with Gasteiger partial charge in [-0.05, 0) is 69.5 Å². The molecule has 0 aliphatic rings. The van der Waals surface area contributed by atoms with Crippen molar-refractivity contribution in [3.63, 3.8) is 0 Å². The SMILES string of the molecule is C=C(S/C(C)=C\C)C(C)N=C(N/C=C/CCC)c1cc(-c2ccc(F)cn2)cc(OC)c1C.CC. The average Bonchev–Trinajstić information content (AvgIpc) is 2.87. The van der Waals surface area contributed by atoms with Gasteiger partial charge >= 0.3 is 0 Å². The molecular formula is C29H40FN3OS. The predicted molar refractivity (Wildman–Crippen MR) is 152 cm³/mol. The van der Waals surface area contributed by atoms with Crippen molar-refractivity contribution in [2.45, 2.75) is 67.3 Å². The maximum absolute atomic E-state index is 13.4. The number of aliphatic imine (C=N–C) groups is 1. The molecule has 1 aromatic heterocycles. The summed E-state index contributed by atoms with van der Waals surface area (Å²) in [4.78, 5) is 11.4. The summed E-state index contributed by atoms with van der Waals surface area (Å²) in [6.45, 7) is 18.5. The summed E-state index contributed by atoms with van der Waals surface area (Å²) in [5.74, 6) is 1.06. The van der Waals surface area contributed by atoms with Gasteiger partial charge in [0, 0.05) is 21.6 Å². The first-order chi connectivity index (χ1) is 16.8. The third-order valence-corrected chi connectivity index (χ3v) is 6.30. The fourth-order valence-electron chi connectivity index (χ4n) is 3.03. The lowest BCUT2D eigenvalue weighted by molar-refractivity contribution is 0.411. The van der Waals surface area contributed by atoms with Gasteiger partial charge in [0.15, 0.2) is 0 Å². The van der Waals surface area contributed by atoms with E-state index in [1.807, 2.05) is 53.0 Å². The molecule has 4 nitrogen and oxygen atoms in total. The molecule has 1 unspecified atom stereocenters. The number of nitrogens with zero attached hydrogens (tertiary/aromatic N) is 2. The van der Waals surface area contributed by atoms with Crippen LogP contribution in [0.25, 0.3) is 11.3 Å². The Bertz CT molecular complexity index is 1040. The van der Waals surface area contributed by atoms with Crippen LogP contribution in [0.3, 0.4) is 0 Å². The molecule has 6 heteroatoms. The number of rotatable bonds is 10. The number of methoxy groups -OCH3 is 1. The fraction of sp³-hybridized carbons (Fsp3) is 0.379. The van der Waals surface area contributed by atoms with E-state index in [0.29, 0.717) is 11.4 Å². The van der Waals surface area contributed by atoms with Crippen molar-refractivity contribution in [1.29, 1.82) is 0 Å². The van der Waals surface area contributed by atoms with Crippen LogP contribution in [0.4, 0.5) is 4.39 Å². The molecule has 1 atom stereocenters. The molecule has 35 heavy (non-hydrogen) atoms. The maximum Gasteiger partial charge on any atom is 0.141 e. The minimum atomic E-state index is -0.371.